The third kappa shape index (κ3) is 3.83. The van der Waals surface area contributed by atoms with Crippen LogP contribution in [0.2, 0.25) is 0 Å². The van der Waals surface area contributed by atoms with Crippen molar-refractivity contribution in [2.75, 3.05) is 18.5 Å². The fourth-order valence-corrected chi connectivity index (χ4v) is 1.78. The molecule has 84 valence electrons. The van der Waals surface area contributed by atoms with Crippen molar-refractivity contribution in [1.29, 1.82) is 0 Å². The molecule has 0 aliphatic carbocycles. The van der Waals surface area contributed by atoms with Crippen LogP contribution in [-0.2, 0) is 11.2 Å². The summed E-state index contributed by atoms with van der Waals surface area (Å²) in [7, 11) is 1.83. The highest BCUT2D eigenvalue weighted by Crippen LogP contribution is 2.16. The molecule has 1 aromatic heterocycles. The van der Waals surface area contributed by atoms with Crippen molar-refractivity contribution in [1.82, 2.24) is 9.36 Å². The molecule has 1 N–H and O–H groups in total. The van der Waals surface area contributed by atoms with Crippen LogP contribution in [0.25, 0.3) is 0 Å². The number of hydrogen-bond donors (Lipinski definition) is 1. The number of aliphatic carboxylic acids is 1. The molecule has 0 spiro atoms. The van der Waals surface area contributed by atoms with Gasteiger partial charge >= 0.3 is 5.97 Å². The lowest BCUT2D eigenvalue weighted by Crippen LogP contribution is -2.20. The van der Waals surface area contributed by atoms with Crippen LogP contribution >= 0.6 is 11.5 Å². The topological polar surface area (TPSA) is 66.3 Å². The van der Waals surface area contributed by atoms with Gasteiger partial charge in [0.25, 0.3) is 0 Å². The molecule has 0 saturated heterocycles. The van der Waals surface area contributed by atoms with Gasteiger partial charge in [-0.3, -0.25) is 4.79 Å². The number of nitrogens with zero attached hydrogens (tertiary/aromatic N) is 3. The number of carbonyl (C=O) groups is 1. The van der Waals surface area contributed by atoms with Gasteiger partial charge in [-0.25, -0.2) is 4.98 Å². The van der Waals surface area contributed by atoms with Gasteiger partial charge in [-0.1, -0.05) is 6.92 Å². The van der Waals surface area contributed by atoms with E-state index in [-0.39, 0.29) is 6.42 Å². The van der Waals surface area contributed by atoms with Crippen molar-refractivity contribution < 1.29 is 9.90 Å². The Morgan fingerprint density at radius 2 is 2.33 bits per heavy atom. The molecular weight excluding hydrogens is 214 g/mol. The molecule has 0 radical (unpaired) electrons. The van der Waals surface area contributed by atoms with E-state index < -0.39 is 5.97 Å². The molecule has 0 bridgehead atoms. The van der Waals surface area contributed by atoms with Gasteiger partial charge < -0.3 is 10.0 Å². The highest BCUT2D eigenvalue weighted by Gasteiger charge is 2.09. The average Bonchev–Trinajstić information content (AvgIpc) is 2.63. The molecule has 15 heavy (non-hydrogen) atoms. The fraction of sp³-hybridized carbons (Fsp3) is 0.667. The molecule has 1 aromatic rings. The van der Waals surface area contributed by atoms with Crippen LogP contribution < -0.4 is 4.90 Å². The van der Waals surface area contributed by atoms with Gasteiger partial charge in [-0.05, 0) is 6.42 Å². The van der Waals surface area contributed by atoms with Crippen molar-refractivity contribution in [3.05, 3.63) is 5.82 Å². The molecule has 0 aliphatic heterocycles. The summed E-state index contributed by atoms with van der Waals surface area (Å²) in [6.45, 7) is 2.55. The van der Waals surface area contributed by atoms with Crippen molar-refractivity contribution in [2.45, 2.75) is 26.2 Å². The number of carboxylic acids is 1. The maximum absolute atomic E-state index is 10.4. The Kier molecular flexibility index (Phi) is 4.48. The molecule has 0 fully saturated rings. The minimum Gasteiger partial charge on any atom is -0.481 e. The van der Waals surface area contributed by atoms with E-state index in [0.29, 0.717) is 6.54 Å². The fourth-order valence-electron chi connectivity index (χ4n) is 1.08. The summed E-state index contributed by atoms with van der Waals surface area (Å²) in [6, 6.07) is 0. The number of rotatable bonds is 6. The van der Waals surface area contributed by atoms with Crippen LogP contribution in [0.1, 0.15) is 25.6 Å². The molecule has 0 atom stereocenters. The van der Waals surface area contributed by atoms with Crippen LogP contribution in [0.3, 0.4) is 0 Å². The standard InChI is InChI=1S/C9H15N3O2S/c1-3-4-7-10-9(15-11-7)12(2)6-5-8(13)14/h3-6H2,1-2H3,(H,13,14). The lowest BCUT2D eigenvalue weighted by Gasteiger charge is -2.12. The zero-order valence-electron chi connectivity index (χ0n) is 8.93. The van der Waals surface area contributed by atoms with Crippen LogP contribution in [0.4, 0.5) is 5.13 Å². The van der Waals surface area contributed by atoms with E-state index in [9.17, 15) is 4.79 Å². The molecule has 0 unspecified atom stereocenters. The van der Waals surface area contributed by atoms with E-state index in [0.717, 1.165) is 23.8 Å². The third-order valence-corrected chi connectivity index (χ3v) is 2.79. The summed E-state index contributed by atoms with van der Waals surface area (Å²) in [6.07, 6.45) is 2.03. The monoisotopic (exact) mass is 229 g/mol. The highest BCUT2D eigenvalue weighted by atomic mass is 32.1. The Morgan fingerprint density at radius 3 is 2.93 bits per heavy atom. The number of aromatic nitrogens is 2. The van der Waals surface area contributed by atoms with Crippen LogP contribution in [0, 0.1) is 0 Å². The van der Waals surface area contributed by atoms with Crippen molar-refractivity contribution >= 4 is 22.6 Å². The summed E-state index contributed by atoms with van der Waals surface area (Å²) in [5.41, 5.74) is 0. The highest BCUT2D eigenvalue weighted by molar-refractivity contribution is 7.09. The van der Waals surface area contributed by atoms with E-state index in [4.69, 9.17) is 5.11 Å². The Bertz CT molecular complexity index is 327. The van der Waals surface area contributed by atoms with E-state index in [1.54, 1.807) is 0 Å². The predicted octanol–water partition coefficient (Wildman–Crippen LogP) is 1.40. The van der Waals surface area contributed by atoms with Gasteiger partial charge in [0, 0.05) is 31.5 Å². The zero-order valence-corrected chi connectivity index (χ0v) is 9.75. The predicted molar refractivity (Wildman–Crippen MR) is 59.4 cm³/mol. The van der Waals surface area contributed by atoms with Gasteiger partial charge in [-0.2, -0.15) is 4.37 Å². The average molecular weight is 229 g/mol. The van der Waals surface area contributed by atoms with Crippen molar-refractivity contribution in [2.24, 2.45) is 0 Å². The molecular formula is C9H15N3O2S. The van der Waals surface area contributed by atoms with Crippen LogP contribution in [0.5, 0.6) is 0 Å². The van der Waals surface area contributed by atoms with Gasteiger partial charge in [0.05, 0.1) is 6.42 Å². The largest absolute Gasteiger partial charge is 0.481 e. The lowest BCUT2D eigenvalue weighted by molar-refractivity contribution is -0.136. The van der Waals surface area contributed by atoms with Gasteiger partial charge in [-0.15, -0.1) is 0 Å². The first-order valence-electron chi connectivity index (χ1n) is 4.89. The van der Waals surface area contributed by atoms with Gasteiger partial charge in [0.15, 0.2) is 0 Å². The first-order chi connectivity index (χ1) is 7.13. The molecule has 1 rings (SSSR count). The smallest absolute Gasteiger partial charge is 0.305 e. The minimum absolute atomic E-state index is 0.124. The molecule has 5 nitrogen and oxygen atoms in total. The summed E-state index contributed by atoms with van der Waals surface area (Å²) >= 11 is 1.32. The summed E-state index contributed by atoms with van der Waals surface area (Å²) in [5, 5.41) is 9.33. The summed E-state index contributed by atoms with van der Waals surface area (Å²) < 4.78 is 4.20. The van der Waals surface area contributed by atoms with Crippen LogP contribution in [0.15, 0.2) is 0 Å². The number of aryl methyl sites for hydroxylation is 1. The molecule has 0 aliphatic rings. The van der Waals surface area contributed by atoms with Crippen molar-refractivity contribution in [3.8, 4) is 0 Å². The second-order valence-corrected chi connectivity index (χ2v) is 4.04. The molecule has 1 heterocycles. The molecule has 6 heteroatoms. The normalized spacial score (nSPS) is 10.3. The maximum Gasteiger partial charge on any atom is 0.305 e. The zero-order chi connectivity index (χ0) is 11.3. The number of carboxylic acid groups (broad SMARTS) is 1. The second kappa shape index (κ2) is 5.65. The Morgan fingerprint density at radius 1 is 1.60 bits per heavy atom. The van der Waals surface area contributed by atoms with Crippen molar-refractivity contribution in [3.63, 3.8) is 0 Å². The Hall–Kier alpha value is -1.17. The lowest BCUT2D eigenvalue weighted by atomic mass is 10.3. The quantitative estimate of drug-likeness (QED) is 0.798. The number of anilines is 1. The van der Waals surface area contributed by atoms with Crippen LogP contribution in [-0.4, -0.2) is 34.0 Å². The van der Waals surface area contributed by atoms with Gasteiger partial charge in [0.1, 0.15) is 5.82 Å². The Balaban J connectivity index is 2.50. The maximum atomic E-state index is 10.4. The Labute approximate surface area is 92.9 Å². The van der Waals surface area contributed by atoms with E-state index in [1.165, 1.54) is 11.5 Å². The first-order valence-corrected chi connectivity index (χ1v) is 5.66. The minimum atomic E-state index is -0.792. The van der Waals surface area contributed by atoms with Gasteiger partial charge in [0.2, 0.25) is 5.13 Å². The first kappa shape index (κ1) is 11.9. The van der Waals surface area contributed by atoms with E-state index >= 15 is 0 Å². The molecule has 0 amide bonds. The third-order valence-electron chi connectivity index (χ3n) is 1.92. The molecule has 0 aromatic carbocycles. The van der Waals surface area contributed by atoms with E-state index in [1.807, 2.05) is 11.9 Å². The molecule has 0 saturated carbocycles. The SMILES string of the molecule is CCCc1nsc(N(C)CCC(=O)O)n1. The second-order valence-electron chi connectivity index (χ2n) is 3.31. The summed E-state index contributed by atoms with van der Waals surface area (Å²) in [5.74, 6) is 0.0554. The van der Waals surface area contributed by atoms with E-state index in [2.05, 4.69) is 16.3 Å². The summed E-state index contributed by atoms with van der Waals surface area (Å²) in [4.78, 5) is 16.5. The number of hydrogen-bond acceptors (Lipinski definition) is 5.